The van der Waals surface area contributed by atoms with Crippen LogP contribution in [0.5, 0.6) is 0 Å². The first-order valence-electron chi connectivity index (χ1n) is 8.25. The zero-order valence-electron chi connectivity index (χ0n) is 13.1. The van der Waals surface area contributed by atoms with E-state index in [0.29, 0.717) is 11.1 Å². The highest BCUT2D eigenvalue weighted by molar-refractivity contribution is 6.31. The van der Waals surface area contributed by atoms with Crippen LogP contribution in [0.4, 0.5) is 11.4 Å². The second-order valence-electron chi connectivity index (χ2n) is 6.36. The van der Waals surface area contributed by atoms with Crippen LogP contribution in [0.2, 0.25) is 5.02 Å². The molecule has 1 aliphatic heterocycles. The van der Waals surface area contributed by atoms with E-state index in [1.54, 1.807) is 0 Å². The largest absolute Gasteiger partial charge is 0.372 e. The third-order valence-electron chi connectivity index (χ3n) is 4.34. The molecule has 5 heteroatoms. The van der Waals surface area contributed by atoms with Gasteiger partial charge in [-0.15, -0.1) is 0 Å². The Balaban J connectivity index is 1.72. The molecule has 2 N–H and O–H groups in total. The SMILES string of the molecule is C[C@@H](Nc1cc(Cl)ccc1N1CCCCC1)C(=O)NC1CC1. The Labute approximate surface area is 137 Å². The van der Waals surface area contributed by atoms with Crippen LogP contribution in [0, 0.1) is 0 Å². The molecule has 0 unspecified atom stereocenters. The zero-order valence-corrected chi connectivity index (χ0v) is 13.8. The first kappa shape index (κ1) is 15.5. The number of halogens is 1. The fraction of sp³-hybridized carbons (Fsp3) is 0.588. The lowest BCUT2D eigenvalue weighted by Gasteiger charge is -2.31. The maximum absolute atomic E-state index is 12.2. The number of hydrogen-bond acceptors (Lipinski definition) is 3. The van der Waals surface area contributed by atoms with Crippen molar-refractivity contribution in [1.82, 2.24) is 5.32 Å². The Bertz CT molecular complexity index is 539. The second-order valence-corrected chi connectivity index (χ2v) is 6.79. The molecular weight excluding hydrogens is 298 g/mol. The summed E-state index contributed by atoms with van der Waals surface area (Å²) >= 11 is 6.15. The molecule has 1 aromatic carbocycles. The molecule has 0 spiro atoms. The molecule has 22 heavy (non-hydrogen) atoms. The fourth-order valence-electron chi connectivity index (χ4n) is 2.89. The summed E-state index contributed by atoms with van der Waals surface area (Å²) in [5, 5.41) is 7.08. The number of hydrogen-bond donors (Lipinski definition) is 2. The molecule has 1 heterocycles. The number of amides is 1. The van der Waals surface area contributed by atoms with Gasteiger partial charge in [0.15, 0.2) is 0 Å². The summed E-state index contributed by atoms with van der Waals surface area (Å²) in [6.45, 7) is 4.04. The lowest BCUT2D eigenvalue weighted by Crippen LogP contribution is -2.39. The molecule has 2 aliphatic rings. The van der Waals surface area contributed by atoms with E-state index in [4.69, 9.17) is 11.6 Å². The van der Waals surface area contributed by atoms with Crippen LogP contribution in [0.15, 0.2) is 18.2 Å². The maximum Gasteiger partial charge on any atom is 0.242 e. The molecule has 2 fully saturated rings. The maximum atomic E-state index is 12.2. The fourth-order valence-corrected chi connectivity index (χ4v) is 3.06. The average Bonchev–Trinajstić information content (AvgIpc) is 3.32. The smallest absolute Gasteiger partial charge is 0.242 e. The van der Waals surface area contributed by atoms with Gasteiger partial charge in [0, 0.05) is 24.2 Å². The summed E-state index contributed by atoms with van der Waals surface area (Å²) in [5.74, 6) is 0.0621. The van der Waals surface area contributed by atoms with E-state index in [0.717, 1.165) is 37.3 Å². The van der Waals surface area contributed by atoms with E-state index < -0.39 is 0 Å². The number of nitrogens with one attached hydrogen (secondary N) is 2. The second kappa shape index (κ2) is 6.78. The highest BCUT2D eigenvalue weighted by Gasteiger charge is 2.26. The van der Waals surface area contributed by atoms with Gasteiger partial charge in [0.05, 0.1) is 11.4 Å². The number of carbonyl (C=O) groups is 1. The van der Waals surface area contributed by atoms with Gasteiger partial charge in [-0.1, -0.05) is 11.6 Å². The number of nitrogens with zero attached hydrogens (tertiary/aromatic N) is 1. The van der Waals surface area contributed by atoms with E-state index in [1.807, 2.05) is 19.1 Å². The molecule has 1 atom stereocenters. The standard InChI is InChI=1S/C17H24ClN3O/c1-12(17(22)20-14-6-7-14)19-15-11-13(18)5-8-16(15)21-9-3-2-4-10-21/h5,8,11-12,14,19H,2-4,6-7,9-10H2,1H3,(H,20,22)/t12-/m1/s1. The van der Waals surface area contributed by atoms with Crippen molar-refractivity contribution >= 4 is 28.9 Å². The van der Waals surface area contributed by atoms with Crippen molar-refractivity contribution in [3.8, 4) is 0 Å². The predicted molar refractivity (Wildman–Crippen MR) is 91.8 cm³/mol. The van der Waals surface area contributed by atoms with E-state index >= 15 is 0 Å². The van der Waals surface area contributed by atoms with E-state index in [1.165, 1.54) is 19.3 Å². The molecule has 3 rings (SSSR count). The van der Waals surface area contributed by atoms with Gasteiger partial charge < -0.3 is 15.5 Å². The Hall–Kier alpha value is -1.42. The highest BCUT2D eigenvalue weighted by atomic mass is 35.5. The Morgan fingerprint density at radius 2 is 2.00 bits per heavy atom. The minimum absolute atomic E-state index is 0.0621. The van der Waals surface area contributed by atoms with E-state index in [-0.39, 0.29) is 11.9 Å². The molecule has 0 aromatic heterocycles. The summed E-state index contributed by atoms with van der Waals surface area (Å²) in [6, 6.07) is 6.03. The minimum atomic E-state index is -0.261. The third-order valence-corrected chi connectivity index (χ3v) is 4.58. The van der Waals surface area contributed by atoms with Crippen LogP contribution in [0.25, 0.3) is 0 Å². The van der Waals surface area contributed by atoms with Crippen molar-refractivity contribution in [2.75, 3.05) is 23.3 Å². The molecule has 0 bridgehead atoms. The average molecular weight is 322 g/mol. The van der Waals surface area contributed by atoms with E-state index in [9.17, 15) is 4.79 Å². The normalized spacial score (nSPS) is 19.6. The van der Waals surface area contributed by atoms with Gasteiger partial charge >= 0.3 is 0 Å². The summed E-state index contributed by atoms with van der Waals surface area (Å²) < 4.78 is 0. The molecule has 1 saturated heterocycles. The molecule has 1 aliphatic carbocycles. The first-order valence-corrected chi connectivity index (χ1v) is 8.63. The molecule has 1 amide bonds. The van der Waals surface area contributed by atoms with Crippen molar-refractivity contribution in [1.29, 1.82) is 0 Å². The van der Waals surface area contributed by atoms with Crippen LogP contribution in [0.1, 0.15) is 39.0 Å². The molecular formula is C17H24ClN3O. The van der Waals surface area contributed by atoms with Crippen molar-refractivity contribution in [2.24, 2.45) is 0 Å². The number of anilines is 2. The van der Waals surface area contributed by atoms with Gasteiger partial charge in [-0.25, -0.2) is 0 Å². The van der Waals surface area contributed by atoms with Crippen LogP contribution in [-0.2, 0) is 4.79 Å². The topological polar surface area (TPSA) is 44.4 Å². The Morgan fingerprint density at radius 3 is 2.68 bits per heavy atom. The van der Waals surface area contributed by atoms with Crippen molar-refractivity contribution in [2.45, 2.75) is 51.1 Å². The van der Waals surface area contributed by atoms with E-state index in [2.05, 4.69) is 21.6 Å². The van der Waals surface area contributed by atoms with Gasteiger partial charge in [0.25, 0.3) is 0 Å². The Kier molecular flexibility index (Phi) is 4.77. The summed E-state index contributed by atoms with van der Waals surface area (Å²) in [5.41, 5.74) is 2.10. The van der Waals surface area contributed by atoms with Gasteiger partial charge in [0.1, 0.15) is 6.04 Å². The van der Waals surface area contributed by atoms with Crippen LogP contribution < -0.4 is 15.5 Å². The summed E-state index contributed by atoms with van der Waals surface area (Å²) in [4.78, 5) is 14.5. The van der Waals surface area contributed by atoms with Gasteiger partial charge in [-0.05, 0) is 57.2 Å². The van der Waals surface area contributed by atoms with Crippen LogP contribution in [-0.4, -0.2) is 31.1 Å². The quantitative estimate of drug-likeness (QED) is 0.873. The molecule has 0 radical (unpaired) electrons. The molecule has 1 saturated carbocycles. The summed E-state index contributed by atoms with van der Waals surface area (Å²) in [6.07, 6.45) is 5.95. The van der Waals surface area contributed by atoms with Crippen molar-refractivity contribution < 1.29 is 4.79 Å². The lowest BCUT2D eigenvalue weighted by atomic mass is 10.1. The monoisotopic (exact) mass is 321 g/mol. The van der Waals surface area contributed by atoms with Gasteiger partial charge in [-0.3, -0.25) is 4.79 Å². The zero-order chi connectivity index (χ0) is 15.5. The van der Waals surface area contributed by atoms with Gasteiger partial charge in [0.2, 0.25) is 5.91 Å². The number of piperidine rings is 1. The Morgan fingerprint density at radius 1 is 1.27 bits per heavy atom. The molecule has 4 nitrogen and oxygen atoms in total. The summed E-state index contributed by atoms with van der Waals surface area (Å²) in [7, 11) is 0. The molecule has 1 aromatic rings. The third kappa shape index (κ3) is 3.86. The van der Waals surface area contributed by atoms with Crippen LogP contribution >= 0.6 is 11.6 Å². The number of benzene rings is 1. The lowest BCUT2D eigenvalue weighted by molar-refractivity contribution is -0.121. The minimum Gasteiger partial charge on any atom is -0.372 e. The van der Waals surface area contributed by atoms with Crippen molar-refractivity contribution in [3.05, 3.63) is 23.2 Å². The van der Waals surface area contributed by atoms with Crippen molar-refractivity contribution in [3.63, 3.8) is 0 Å². The first-order chi connectivity index (χ1) is 10.6. The highest BCUT2D eigenvalue weighted by Crippen LogP contribution is 2.31. The van der Waals surface area contributed by atoms with Gasteiger partial charge in [-0.2, -0.15) is 0 Å². The number of carbonyl (C=O) groups excluding carboxylic acids is 1. The predicted octanol–water partition coefficient (Wildman–Crippen LogP) is 3.41. The number of rotatable bonds is 5. The van der Waals surface area contributed by atoms with Crippen LogP contribution in [0.3, 0.4) is 0 Å². The molecule has 120 valence electrons.